The van der Waals surface area contributed by atoms with Crippen LogP contribution in [0.5, 0.6) is 0 Å². The molecule has 1 fully saturated rings. The molecule has 7 heteroatoms. The first-order chi connectivity index (χ1) is 7.45. The van der Waals surface area contributed by atoms with Gasteiger partial charge in [0.15, 0.2) is 0 Å². The molecule has 16 heavy (non-hydrogen) atoms. The Labute approximate surface area is 98.4 Å². The summed E-state index contributed by atoms with van der Waals surface area (Å²) in [4.78, 5) is 36.0. The van der Waals surface area contributed by atoms with Gasteiger partial charge < -0.3 is 5.73 Å². The molecule has 1 aliphatic heterocycles. The van der Waals surface area contributed by atoms with Crippen molar-refractivity contribution in [1.82, 2.24) is 9.80 Å². The van der Waals surface area contributed by atoms with Gasteiger partial charge in [-0.3, -0.25) is 19.4 Å². The number of rotatable bonds is 5. The minimum atomic E-state index is -0.778. The zero-order chi connectivity index (χ0) is 12.3. The second-order valence-corrected chi connectivity index (χ2v) is 4.05. The summed E-state index contributed by atoms with van der Waals surface area (Å²) >= 11 is 4.70. The second-order valence-electron chi connectivity index (χ2n) is 3.53. The van der Waals surface area contributed by atoms with Crippen LogP contribution < -0.4 is 5.73 Å². The van der Waals surface area contributed by atoms with Gasteiger partial charge in [0.1, 0.15) is 0 Å². The Morgan fingerprint density at radius 2 is 1.88 bits per heavy atom. The molecular formula is C9H13N3O3S. The molecule has 4 amide bonds. The lowest BCUT2D eigenvalue weighted by Crippen LogP contribution is -2.32. The first-order valence-corrected chi connectivity index (χ1v) is 5.27. The standard InChI is InChI=1S/C9H13N3O3S/c1-11-7(13)8(14)12(9(11)15)5-3-2-4-6(10)16/h2-5H2,1H3,(H2,10,16). The van der Waals surface area contributed by atoms with E-state index in [0.29, 0.717) is 24.3 Å². The zero-order valence-electron chi connectivity index (χ0n) is 8.93. The third-order valence-corrected chi connectivity index (χ3v) is 2.51. The van der Waals surface area contributed by atoms with E-state index < -0.39 is 17.8 Å². The monoisotopic (exact) mass is 243 g/mol. The first-order valence-electron chi connectivity index (χ1n) is 4.87. The molecule has 0 unspecified atom stereocenters. The predicted molar refractivity (Wildman–Crippen MR) is 60.5 cm³/mol. The lowest BCUT2D eigenvalue weighted by Gasteiger charge is -2.12. The minimum absolute atomic E-state index is 0.232. The van der Waals surface area contributed by atoms with Crippen LogP contribution in [0.25, 0.3) is 0 Å². The highest BCUT2D eigenvalue weighted by Gasteiger charge is 2.41. The van der Waals surface area contributed by atoms with Gasteiger partial charge in [0.05, 0.1) is 4.99 Å². The number of thiocarbonyl (C=S) groups is 1. The summed E-state index contributed by atoms with van der Waals surface area (Å²) < 4.78 is 0. The number of carbonyl (C=O) groups excluding carboxylic acids is 3. The molecule has 88 valence electrons. The van der Waals surface area contributed by atoms with Crippen molar-refractivity contribution in [2.45, 2.75) is 19.3 Å². The van der Waals surface area contributed by atoms with E-state index in [0.717, 1.165) is 9.80 Å². The van der Waals surface area contributed by atoms with Crippen LogP contribution in [0.15, 0.2) is 0 Å². The maximum absolute atomic E-state index is 11.4. The molecule has 1 rings (SSSR count). The van der Waals surface area contributed by atoms with Gasteiger partial charge in [-0.05, 0) is 19.3 Å². The maximum atomic E-state index is 11.4. The summed E-state index contributed by atoms with van der Waals surface area (Å²) in [6, 6.07) is -0.565. The van der Waals surface area contributed by atoms with Gasteiger partial charge in [0.25, 0.3) is 0 Å². The van der Waals surface area contributed by atoms with Crippen LogP contribution in [-0.4, -0.2) is 46.2 Å². The predicted octanol–water partition coefficient (Wildman–Crippen LogP) is -0.137. The van der Waals surface area contributed by atoms with Crippen LogP contribution in [0, 0.1) is 0 Å². The minimum Gasteiger partial charge on any atom is -0.393 e. The zero-order valence-corrected chi connectivity index (χ0v) is 9.75. The Morgan fingerprint density at radius 1 is 1.25 bits per heavy atom. The van der Waals surface area contributed by atoms with Crippen molar-refractivity contribution in [3.8, 4) is 0 Å². The normalized spacial score (nSPS) is 16.2. The van der Waals surface area contributed by atoms with Gasteiger partial charge in [-0.15, -0.1) is 0 Å². The molecule has 6 nitrogen and oxygen atoms in total. The van der Waals surface area contributed by atoms with Crippen LogP contribution in [-0.2, 0) is 9.59 Å². The highest BCUT2D eigenvalue weighted by Crippen LogP contribution is 2.11. The van der Waals surface area contributed by atoms with Gasteiger partial charge >= 0.3 is 17.8 Å². The summed E-state index contributed by atoms with van der Waals surface area (Å²) in [5, 5.41) is 0. The quantitative estimate of drug-likeness (QED) is 0.314. The highest BCUT2D eigenvalue weighted by atomic mass is 32.1. The van der Waals surface area contributed by atoms with E-state index in [2.05, 4.69) is 0 Å². The molecule has 0 radical (unpaired) electrons. The van der Waals surface area contributed by atoms with Crippen molar-refractivity contribution in [2.75, 3.05) is 13.6 Å². The SMILES string of the molecule is CN1C(=O)C(=O)N(CCCCC(N)=S)C1=O. The molecule has 0 spiro atoms. The van der Waals surface area contributed by atoms with E-state index in [1.54, 1.807) is 0 Å². The van der Waals surface area contributed by atoms with Gasteiger partial charge in [-0.1, -0.05) is 12.2 Å². The van der Waals surface area contributed by atoms with E-state index in [-0.39, 0.29) is 6.54 Å². The topological polar surface area (TPSA) is 83.7 Å². The van der Waals surface area contributed by atoms with Crippen LogP contribution in [0.1, 0.15) is 19.3 Å². The van der Waals surface area contributed by atoms with Crippen molar-refractivity contribution in [3.63, 3.8) is 0 Å². The highest BCUT2D eigenvalue weighted by molar-refractivity contribution is 7.80. The number of hydrogen-bond donors (Lipinski definition) is 1. The van der Waals surface area contributed by atoms with E-state index in [1.807, 2.05) is 0 Å². The van der Waals surface area contributed by atoms with Gasteiger partial charge in [0.2, 0.25) is 0 Å². The van der Waals surface area contributed by atoms with Crippen molar-refractivity contribution in [3.05, 3.63) is 0 Å². The summed E-state index contributed by atoms with van der Waals surface area (Å²) in [7, 11) is 1.29. The Morgan fingerprint density at radius 3 is 2.31 bits per heavy atom. The van der Waals surface area contributed by atoms with Crippen molar-refractivity contribution in [1.29, 1.82) is 0 Å². The average molecular weight is 243 g/mol. The fourth-order valence-corrected chi connectivity index (χ4v) is 1.52. The Bertz CT molecular complexity index is 356. The largest absolute Gasteiger partial charge is 0.393 e. The molecule has 1 saturated heterocycles. The number of nitrogens with zero attached hydrogens (tertiary/aromatic N) is 2. The summed E-state index contributed by atoms with van der Waals surface area (Å²) in [6.07, 6.45) is 1.87. The lowest BCUT2D eigenvalue weighted by molar-refractivity contribution is -0.142. The molecule has 1 heterocycles. The second kappa shape index (κ2) is 5.02. The number of nitrogens with two attached hydrogens (primary N) is 1. The van der Waals surface area contributed by atoms with Crippen molar-refractivity contribution >= 4 is 35.1 Å². The van der Waals surface area contributed by atoms with E-state index >= 15 is 0 Å². The number of urea groups is 1. The Kier molecular flexibility index (Phi) is 3.94. The Hall–Kier alpha value is -1.50. The molecular weight excluding hydrogens is 230 g/mol. The number of carbonyl (C=O) groups is 3. The van der Waals surface area contributed by atoms with Gasteiger partial charge in [-0.25, -0.2) is 4.79 Å². The number of amides is 4. The molecule has 0 aromatic heterocycles. The maximum Gasteiger partial charge on any atom is 0.333 e. The fraction of sp³-hybridized carbons (Fsp3) is 0.556. The van der Waals surface area contributed by atoms with E-state index in [9.17, 15) is 14.4 Å². The first kappa shape index (κ1) is 12.6. The van der Waals surface area contributed by atoms with E-state index in [4.69, 9.17) is 18.0 Å². The number of unbranched alkanes of at least 4 members (excludes halogenated alkanes) is 1. The summed E-state index contributed by atoms with van der Waals surface area (Å²) in [5.74, 6) is -1.54. The summed E-state index contributed by atoms with van der Waals surface area (Å²) in [6.45, 7) is 0.232. The fourth-order valence-electron chi connectivity index (χ4n) is 1.38. The third kappa shape index (κ3) is 2.54. The lowest BCUT2D eigenvalue weighted by atomic mass is 10.2. The van der Waals surface area contributed by atoms with Crippen LogP contribution in [0.3, 0.4) is 0 Å². The molecule has 0 aliphatic carbocycles. The molecule has 0 aromatic rings. The number of likely N-dealkylation sites (N-methyl/N-ethyl adjacent to an activating group) is 1. The number of imide groups is 2. The van der Waals surface area contributed by atoms with E-state index in [1.165, 1.54) is 7.05 Å². The average Bonchev–Trinajstić information content (AvgIpc) is 2.40. The van der Waals surface area contributed by atoms with Crippen molar-refractivity contribution < 1.29 is 14.4 Å². The third-order valence-electron chi connectivity index (χ3n) is 2.31. The van der Waals surface area contributed by atoms with Gasteiger partial charge in [0, 0.05) is 13.6 Å². The molecule has 0 bridgehead atoms. The summed E-state index contributed by atoms with van der Waals surface area (Å²) in [5.41, 5.74) is 5.31. The van der Waals surface area contributed by atoms with Crippen molar-refractivity contribution in [2.24, 2.45) is 5.73 Å². The van der Waals surface area contributed by atoms with Crippen LogP contribution >= 0.6 is 12.2 Å². The van der Waals surface area contributed by atoms with Crippen LogP contribution in [0.2, 0.25) is 0 Å². The molecule has 0 atom stereocenters. The number of hydrogen-bond acceptors (Lipinski definition) is 4. The molecule has 0 saturated carbocycles. The Balaban J connectivity index is 2.43. The molecule has 2 N–H and O–H groups in total. The van der Waals surface area contributed by atoms with Crippen LogP contribution in [0.4, 0.5) is 4.79 Å². The van der Waals surface area contributed by atoms with Gasteiger partial charge in [-0.2, -0.15) is 0 Å². The molecule has 0 aromatic carbocycles. The smallest absolute Gasteiger partial charge is 0.333 e. The molecule has 1 aliphatic rings.